The topological polar surface area (TPSA) is 70.7 Å². The second-order valence-corrected chi connectivity index (χ2v) is 4.38. The molecular weight excluding hydrogens is 268 g/mol. The summed E-state index contributed by atoms with van der Waals surface area (Å²) in [6.07, 6.45) is 1.66. The number of benzene rings is 2. The maximum Gasteiger partial charge on any atom is 0.307 e. The Kier molecular flexibility index (Phi) is 4.74. The molecule has 21 heavy (non-hydrogen) atoms. The first kappa shape index (κ1) is 14.8. The van der Waals surface area contributed by atoms with E-state index in [1.807, 2.05) is 42.5 Å². The average Bonchev–Trinajstić information content (AvgIpc) is 2.95. The van der Waals surface area contributed by atoms with Gasteiger partial charge in [0.15, 0.2) is 0 Å². The van der Waals surface area contributed by atoms with Crippen LogP contribution in [0, 0.1) is 0 Å². The summed E-state index contributed by atoms with van der Waals surface area (Å²) >= 11 is 0. The number of hydrogen-bond donors (Lipinski definition) is 2. The molecule has 0 aliphatic heterocycles. The van der Waals surface area contributed by atoms with Crippen LogP contribution in [0.5, 0.6) is 0 Å². The van der Waals surface area contributed by atoms with Gasteiger partial charge in [-0.1, -0.05) is 48.5 Å². The normalized spacial score (nSPS) is 10.0. The predicted molar refractivity (Wildman–Crippen MR) is 81.1 cm³/mol. The van der Waals surface area contributed by atoms with Crippen LogP contribution in [0.4, 0.5) is 0 Å². The molecule has 0 spiro atoms. The van der Waals surface area contributed by atoms with Gasteiger partial charge in [0.2, 0.25) is 0 Å². The lowest BCUT2D eigenvalue weighted by Gasteiger charge is -2.00. The molecule has 4 nitrogen and oxygen atoms in total. The van der Waals surface area contributed by atoms with E-state index in [0.29, 0.717) is 11.1 Å². The fourth-order valence-electron chi connectivity index (χ4n) is 2.26. The molecule has 0 unspecified atom stereocenters. The van der Waals surface area contributed by atoms with Crippen LogP contribution in [0.1, 0.15) is 5.56 Å². The van der Waals surface area contributed by atoms with Gasteiger partial charge in [-0.25, -0.2) is 0 Å². The Morgan fingerprint density at radius 2 is 1.76 bits per heavy atom. The summed E-state index contributed by atoms with van der Waals surface area (Å²) < 4.78 is 5.57. The first-order valence-corrected chi connectivity index (χ1v) is 6.47. The number of carbonyl (C=O) groups is 1. The highest BCUT2D eigenvalue weighted by molar-refractivity contribution is 5.96. The predicted octanol–water partition coefficient (Wildman–Crippen LogP) is 3.34. The van der Waals surface area contributed by atoms with Gasteiger partial charge in [0, 0.05) is 23.6 Å². The van der Waals surface area contributed by atoms with Crippen LogP contribution >= 0.6 is 0 Å². The number of rotatable bonds is 3. The van der Waals surface area contributed by atoms with Crippen LogP contribution in [0.25, 0.3) is 22.1 Å². The van der Waals surface area contributed by atoms with Crippen molar-refractivity contribution >= 4 is 16.9 Å². The van der Waals surface area contributed by atoms with E-state index in [1.54, 1.807) is 12.3 Å². The van der Waals surface area contributed by atoms with Gasteiger partial charge in [-0.3, -0.25) is 4.79 Å². The van der Waals surface area contributed by atoms with E-state index in [1.165, 1.54) is 0 Å². The number of aliphatic hydroxyl groups excluding tert-OH is 1. The average molecular weight is 284 g/mol. The smallest absolute Gasteiger partial charge is 0.307 e. The quantitative estimate of drug-likeness (QED) is 0.774. The summed E-state index contributed by atoms with van der Waals surface area (Å²) in [6, 6.07) is 15.5. The molecular formula is C17H16O4. The first-order valence-electron chi connectivity index (χ1n) is 6.47. The Morgan fingerprint density at radius 1 is 1.05 bits per heavy atom. The Bertz CT molecular complexity index is 729. The number of carboxylic acid groups (broad SMARTS) is 1. The van der Waals surface area contributed by atoms with Crippen molar-refractivity contribution in [2.75, 3.05) is 7.11 Å². The van der Waals surface area contributed by atoms with Crippen LogP contribution in [0.15, 0.2) is 59.2 Å². The molecule has 0 bridgehead atoms. The minimum atomic E-state index is -0.856. The van der Waals surface area contributed by atoms with E-state index in [9.17, 15) is 4.79 Å². The Hall–Kier alpha value is -2.59. The van der Waals surface area contributed by atoms with Crippen molar-refractivity contribution in [3.05, 3.63) is 60.4 Å². The molecule has 1 aromatic heterocycles. The monoisotopic (exact) mass is 284 g/mol. The van der Waals surface area contributed by atoms with E-state index in [2.05, 4.69) is 0 Å². The van der Waals surface area contributed by atoms with Gasteiger partial charge in [-0.15, -0.1) is 0 Å². The van der Waals surface area contributed by atoms with Crippen LogP contribution in [0.3, 0.4) is 0 Å². The van der Waals surface area contributed by atoms with Crippen LogP contribution < -0.4 is 0 Å². The highest BCUT2D eigenvalue weighted by Crippen LogP contribution is 2.32. The van der Waals surface area contributed by atoms with E-state index in [4.69, 9.17) is 14.6 Å². The lowest BCUT2D eigenvalue weighted by Crippen LogP contribution is -1.99. The number of fused-ring (bicyclic) bond motifs is 1. The third kappa shape index (κ3) is 3.12. The van der Waals surface area contributed by atoms with Gasteiger partial charge >= 0.3 is 5.97 Å². The molecule has 0 radical (unpaired) electrons. The summed E-state index contributed by atoms with van der Waals surface area (Å²) in [5.41, 5.74) is 3.41. The number of hydrogen-bond acceptors (Lipinski definition) is 3. The molecule has 0 aliphatic carbocycles. The molecule has 0 saturated heterocycles. The molecule has 108 valence electrons. The molecule has 4 heteroatoms. The van der Waals surface area contributed by atoms with Crippen molar-refractivity contribution in [3.8, 4) is 11.1 Å². The number of carboxylic acids is 1. The van der Waals surface area contributed by atoms with Crippen molar-refractivity contribution in [3.63, 3.8) is 0 Å². The first-order chi connectivity index (χ1) is 10.3. The SMILES string of the molecule is CO.O=C(O)Cc1cccc2c(-c3ccccc3)coc12. The standard InChI is InChI=1S/C16H12O3.CH4O/c17-15(18)9-12-7-4-8-13-14(10-19-16(12)13)11-5-2-1-3-6-11;1-2/h1-8,10H,9H2,(H,17,18);2H,1H3. The molecule has 0 saturated carbocycles. The van der Waals surface area contributed by atoms with E-state index in [-0.39, 0.29) is 6.42 Å². The van der Waals surface area contributed by atoms with Crippen LogP contribution in [0.2, 0.25) is 0 Å². The van der Waals surface area contributed by atoms with E-state index < -0.39 is 5.97 Å². The van der Waals surface area contributed by atoms with Gasteiger partial charge in [-0.2, -0.15) is 0 Å². The molecule has 1 heterocycles. The van der Waals surface area contributed by atoms with Crippen molar-refractivity contribution in [2.45, 2.75) is 6.42 Å². The molecule has 0 amide bonds. The zero-order valence-electron chi connectivity index (χ0n) is 11.6. The second kappa shape index (κ2) is 6.72. The van der Waals surface area contributed by atoms with Gasteiger partial charge in [0.1, 0.15) is 5.58 Å². The van der Waals surface area contributed by atoms with Crippen LogP contribution in [-0.2, 0) is 11.2 Å². The molecule has 3 rings (SSSR count). The second-order valence-electron chi connectivity index (χ2n) is 4.38. The number of aliphatic carboxylic acids is 1. The maximum absolute atomic E-state index is 10.8. The van der Waals surface area contributed by atoms with E-state index in [0.717, 1.165) is 23.6 Å². The van der Waals surface area contributed by atoms with Gasteiger partial charge < -0.3 is 14.6 Å². The molecule has 2 N–H and O–H groups in total. The molecule has 0 atom stereocenters. The summed E-state index contributed by atoms with van der Waals surface area (Å²) in [6.45, 7) is 0. The molecule has 0 aliphatic rings. The van der Waals surface area contributed by atoms with Crippen molar-refractivity contribution in [1.29, 1.82) is 0 Å². The molecule has 2 aromatic carbocycles. The highest BCUT2D eigenvalue weighted by Gasteiger charge is 2.12. The highest BCUT2D eigenvalue weighted by atomic mass is 16.4. The Labute approximate surface area is 122 Å². The summed E-state index contributed by atoms with van der Waals surface area (Å²) in [7, 11) is 1.00. The maximum atomic E-state index is 10.8. The summed E-state index contributed by atoms with van der Waals surface area (Å²) in [5, 5.41) is 16.9. The summed E-state index contributed by atoms with van der Waals surface area (Å²) in [5.74, 6) is -0.856. The van der Waals surface area contributed by atoms with E-state index >= 15 is 0 Å². The molecule has 0 fully saturated rings. The summed E-state index contributed by atoms with van der Waals surface area (Å²) in [4.78, 5) is 10.8. The van der Waals surface area contributed by atoms with Crippen molar-refractivity contribution in [1.82, 2.24) is 0 Å². The van der Waals surface area contributed by atoms with Gasteiger partial charge in [-0.05, 0) is 5.56 Å². The number of aliphatic hydroxyl groups is 1. The third-order valence-corrected chi connectivity index (χ3v) is 3.11. The number of furan rings is 1. The minimum Gasteiger partial charge on any atom is -0.481 e. The van der Waals surface area contributed by atoms with Crippen molar-refractivity contribution in [2.24, 2.45) is 0 Å². The van der Waals surface area contributed by atoms with Gasteiger partial charge in [0.05, 0.1) is 12.7 Å². The third-order valence-electron chi connectivity index (χ3n) is 3.11. The van der Waals surface area contributed by atoms with Crippen LogP contribution in [-0.4, -0.2) is 23.3 Å². The Balaban J connectivity index is 0.000000774. The largest absolute Gasteiger partial charge is 0.481 e. The fraction of sp³-hybridized carbons (Fsp3) is 0.118. The number of para-hydroxylation sites is 1. The zero-order chi connectivity index (χ0) is 15.2. The Morgan fingerprint density at radius 3 is 2.43 bits per heavy atom. The lowest BCUT2D eigenvalue weighted by molar-refractivity contribution is -0.136. The fourth-order valence-corrected chi connectivity index (χ4v) is 2.26. The minimum absolute atomic E-state index is 0.0287. The zero-order valence-corrected chi connectivity index (χ0v) is 11.6. The van der Waals surface area contributed by atoms with Crippen molar-refractivity contribution < 1.29 is 19.4 Å². The lowest BCUT2D eigenvalue weighted by atomic mass is 10.0. The van der Waals surface area contributed by atoms with Gasteiger partial charge in [0.25, 0.3) is 0 Å². The molecule has 3 aromatic rings.